The minimum Gasteiger partial charge on any atom is -0.434 e. The predicted molar refractivity (Wildman–Crippen MR) is 96.2 cm³/mol. The van der Waals surface area contributed by atoms with Crippen molar-refractivity contribution in [2.45, 2.75) is 38.8 Å². The zero-order chi connectivity index (χ0) is 17.9. The number of para-hydroxylation sites is 1. The lowest BCUT2D eigenvalue weighted by molar-refractivity contribution is -0.0504. The van der Waals surface area contributed by atoms with E-state index in [9.17, 15) is 8.78 Å². The molecule has 1 heterocycles. The van der Waals surface area contributed by atoms with Crippen LogP contribution >= 0.6 is 0 Å². The molecule has 1 aliphatic heterocycles. The lowest BCUT2D eigenvalue weighted by atomic mass is 10.2. The van der Waals surface area contributed by atoms with Crippen LogP contribution in [-0.4, -0.2) is 50.7 Å². The second-order valence-electron chi connectivity index (χ2n) is 6.09. The number of guanidine groups is 1. The molecule has 0 aromatic heterocycles. The molecule has 1 fully saturated rings. The Morgan fingerprint density at radius 3 is 2.68 bits per heavy atom. The Bertz CT molecular complexity index is 534. The number of likely N-dealkylation sites (tertiary alicyclic amines) is 1. The van der Waals surface area contributed by atoms with Crippen LogP contribution in [0.3, 0.4) is 0 Å². The summed E-state index contributed by atoms with van der Waals surface area (Å²) in [5, 5.41) is 6.39. The van der Waals surface area contributed by atoms with Crippen molar-refractivity contribution < 1.29 is 13.5 Å². The Balaban J connectivity index is 1.68. The third kappa shape index (κ3) is 7.25. The molecule has 0 saturated carbocycles. The number of halogens is 2. The molecule has 1 saturated heterocycles. The summed E-state index contributed by atoms with van der Waals surface area (Å²) >= 11 is 0. The number of alkyl halides is 2. The summed E-state index contributed by atoms with van der Waals surface area (Å²) in [6, 6.07) is 6.77. The molecule has 0 aliphatic carbocycles. The fourth-order valence-corrected chi connectivity index (χ4v) is 2.93. The molecule has 0 bridgehead atoms. The van der Waals surface area contributed by atoms with Crippen LogP contribution in [-0.2, 0) is 6.54 Å². The van der Waals surface area contributed by atoms with Gasteiger partial charge in [0.25, 0.3) is 0 Å². The van der Waals surface area contributed by atoms with E-state index in [4.69, 9.17) is 0 Å². The van der Waals surface area contributed by atoms with Crippen LogP contribution in [0, 0.1) is 0 Å². The van der Waals surface area contributed by atoms with Gasteiger partial charge in [0.1, 0.15) is 5.75 Å². The van der Waals surface area contributed by atoms with Gasteiger partial charge in [0.15, 0.2) is 5.96 Å². The maximum Gasteiger partial charge on any atom is 0.387 e. The average molecular weight is 354 g/mol. The smallest absolute Gasteiger partial charge is 0.387 e. The highest BCUT2D eigenvalue weighted by atomic mass is 19.3. The van der Waals surface area contributed by atoms with Crippen molar-refractivity contribution >= 4 is 5.96 Å². The van der Waals surface area contributed by atoms with Gasteiger partial charge in [-0.05, 0) is 51.4 Å². The number of benzene rings is 1. The first kappa shape index (κ1) is 19.4. The molecule has 25 heavy (non-hydrogen) atoms. The Morgan fingerprint density at radius 2 is 1.96 bits per heavy atom. The molecule has 7 heteroatoms. The number of aliphatic imine (C=N–C) groups is 1. The molecule has 0 amide bonds. The Hall–Kier alpha value is -1.89. The molecule has 0 spiro atoms. The van der Waals surface area contributed by atoms with Crippen molar-refractivity contribution in [2.24, 2.45) is 4.99 Å². The molecule has 0 unspecified atom stereocenters. The lowest BCUT2D eigenvalue weighted by Gasteiger charge is -2.16. The van der Waals surface area contributed by atoms with E-state index in [1.165, 1.54) is 32.0 Å². The molecule has 1 aromatic rings. The second-order valence-corrected chi connectivity index (χ2v) is 6.09. The van der Waals surface area contributed by atoms with Gasteiger partial charge in [0.05, 0.1) is 0 Å². The number of ether oxygens (including phenoxy) is 1. The third-order valence-electron chi connectivity index (χ3n) is 4.25. The van der Waals surface area contributed by atoms with E-state index in [1.54, 1.807) is 25.2 Å². The quantitative estimate of drug-likeness (QED) is 0.407. The van der Waals surface area contributed by atoms with Gasteiger partial charge >= 0.3 is 6.61 Å². The van der Waals surface area contributed by atoms with E-state index < -0.39 is 6.61 Å². The van der Waals surface area contributed by atoms with E-state index in [2.05, 4.69) is 25.3 Å². The summed E-state index contributed by atoms with van der Waals surface area (Å²) in [6.07, 6.45) is 4.88. The number of nitrogens with one attached hydrogen (secondary N) is 2. The van der Waals surface area contributed by atoms with Crippen molar-refractivity contribution in [3.05, 3.63) is 29.8 Å². The van der Waals surface area contributed by atoms with Crippen LogP contribution in [0.2, 0.25) is 0 Å². The number of nitrogens with zero attached hydrogens (tertiary/aromatic N) is 2. The van der Waals surface area contributed by atoms with Gasteiger partial charge in [-0.3, -0.25) is 4.99 Å². The number of hydrogen-bond acceptors (Lipinski definition) is 3. The minimum absolute atomic E-state index is 0.186. The predicted octanol–water partition coefficient (Wildman–Crippen LogP) is 2.83. The molecule has 140 valence electrons. The summed E-state index contributed by atoms with van der Waals surface area (Å²) in [5.41, 5.74) is 0.666. The molecule has 0 radical (unpaired) electrons. The van der Waals surface area contributed by atoms with Crippen LogP contribution in [0.5, 0.6) is 5.75 Å². The van der Waals surface area contributed by atoms with Gasteiger partial charge in [0.2, 0.25) is 0 Å². The third-order valence-corrected chi connectivity index (χ3v) is 4.25. The van der Waals surface area contributed by atoms with Crippen molar-refractivity contribution in [1.82, 2.24) is 15.5 Å². The highest BCUT2D eigenvalue weighted by Crippen LogP contribution is 2.19. The van der Waals surface area contributed by atoms with Crippen LogP contribution < -0.4 is 15.4 Å². The minimum atomic E-state index is -2.82. The first-order valence-corrected chi connectivity index (χ1v) is 8.88. The molecule has 2 N–H and O–H groups in total. The fourth-order valence-electron chi connectivity index (χ4n) is 2.93. The fraction of sp³-hybridized carbons (Fsp3) is 0.611. The molecule has 1 aromatic carbocycles. The highest BCUT2D eigenvalue weighted by Gasteiger charge is 2.11. The van der Waals surface area contributed by atoms with E-state index in [0.29, 0.717) is 18.1 Å². The van der Waals surface area contributed by atoms with E-state index in [-0.39, 0.29) is 5.75 Å². The van der Waals surface area contributed by atoms with Gasteiger partial charge in [-0.25, -0.2) is 0 Å². The van der Waals surface area contributed by atoms with Crippen molar-refractivity contribution in [1.29, 1.82) is 0 Å². The lowest BCUT2D eigenvalue weighted by Crippen LogP contribution is -2.37. The Kier molecular flexibility index (Phi) is 8.45. The SMILES string of the molecule is CN=C(NCCCCN1CCCC1)NCc1ccccc1OC(F)F. The van der Waals surface area contributed by atoms with Gasteiger partial charge < -0.3 is 20.3 Å². The van der Waals surface area contributed by atoms with E-state index >= 15 is 0 Å². The molecule has 2 rings (SSSR count). The molecule has 5 nitrogen and oxygen atoms in total. The Morgan fingerprint density at radius 1 is 1.20 bits per heavy atom. The normalized spacial score (nSPS) is 15.6. The number of unbranched alkanes of at least 4 members (excludes halogenated alkanes) is 1. The zero-order valence-corrected chi connectivity index (χ0v) is 14.8. The first-order valence-electron chi connectivity index (χ1n) is 8.88. The van der Waals surface area contributed by atoms with Gasteiger partial charge in [0, 0.05) is 25.7 Å². The van der Waals surface area contributed by atoms with E-state index in [0.717, 1.165) is 25.9 Å². The summed E-state index contributed by atoms with van der Waals surface area (Å²) in [7, 11) is 1.70. The van der Waals surface area contributed by atoms with Crippen molar-refractivity contribution in [2.75, 3.05) is 33.2 Å². The zero-order valence-electron chi connectivity index (χ0n) is 14.8. The van der Waals surface area contributed by atoms with Crippen molar-refractivity contribution in [3.63, 3.8) is 0 Å². The topological polar surface area (TPSA) is 48.9 Å². The number of hydrogen-bond donors (Lipinski definition) is 2. The number of rotatable bonds is 9. The van der Waals surface area contributed by atoms with Crippen molar-refractivity contribution in [3.8, 4) is 5.75 Å². The first-order chi connectivity index (χ1) is 12.2. The summed E-state index contributed by atoms with van der Waals surface area (Å²) in [6.45, 7) is 2.01. The van der Waals surface area contributed by atoms with Crippen LogP contribution in [0.4, 0.5) is 8.78 Å². The maximum atomic E-state index is 12.4. The average Bonchev–Trinajstić information content (AvgIpc) is 3.11. The van der Waals surface area contributed by atoms with Crippen LogP contribution in [0.15, 0.2) is 29.3 Å². The molecular formula is C18H28F2N4O. The molecule has 0 atom stereocenters. The van der Waals surface area contributed by atoms with Gasteiger partial charge in [-0.15, -0.1) is 0 Å². The molecular weight excluding hydrogens is 326 g/mol. The van der Waals surface area contributed by atoms with Crippen LogP contribution in [0.1, 0.15) is 31.2 Å². The highest BCUT2D eigenvalue weighted by molar-refractivity contribution is 5.79. The summed E-state index contributed by atoms with van der Waals surface area (Å²) < 4.78 is 29.4. The van der Waals surface area contributed by atoms with E-state index in [1.807, 2.05) is 0 Å². The molecule has 1 aliphatic rings. The summed E-state index contributed by atoms with van der Waals surface area (Å²) in [5.74, 6) is 0.846. The standard InChI is InChI=1S/C18H28F2N4O/c1-21-18(22-10-4-5-11-24-12-6-7-13-24)23-14-15-8-2-3-9-16(15)25-17(19)20/h2-3,8-9,17H,4-7,10-14H2,1H3,(H2,21,22,23). The monoisotopic (exact) mass is 354 g/mol. The van der Waals surface area contributed by atoms with Crippen LogP contribution in [0.25, 0.3) is 0 Å². The van der Waals surface area contributed by atoms with Gasteiger partial charge in [-0.1, -0.05) is 18.2 Å². The van der Waals surface area contributed by atoms with Gasteiger partial charge in [-0.2, -0.15) is 8.78 Å². The second kappa shape index (κ2) is 10.9. The maximum absolute atomic E-state index is 12.4. The summed E-state index contributed by atoms with van der Waals surface area (Å²) in [4.78, 5) is 6.67. The Labute approximate surface area is 148 Å². The largest absolute Gasteiger partial charge is 0.434 e.